The molecule has 1 aromatic heterocycles. The second-order valence-electron chi connectivity index (χ2n) is 5.80. The van der Waals surface area contributed by atoms with E-state index in [0.717, 1.165) is 22.6 Å². The number of nitrogen functional groups attached to an aromatic ring is 1. The van der Waals surface area contributed by atoms with E-state index in [9.17, 15) is 0 Å². The maximum absolute atomic E-state index is 5.88. The lowest BCUT2D eigenvalue weighted by Crippen LogP contribution is -2.05. The fourth-order valence-corrected chi connectivity index (χ4v) is 4.05. The van der Waals surface area contributed by atoms with E-state index in [0.29, 0.717) is 17.7 Å². The highest BCUT2D eigenvalue weighted by atomic mass is 16.5. The molecule has 4 rings (SSSR count). The maximum Gasteiger partial charge on any atom is 0.230 e. The van der Waals surface area contributed by atoms with Crippen LogP contribution in [-0.2, 0) is 0 Å². The predicted molar refractivity (Wildman–Crippen MR) is 78.8 cm³/mol. The van der Waals surface area contributed by atoms with Crippen LogP contribution in [0.25, 0.3) is 11.1 Å². The molecule has 5 nitrogen and oxygen atoms in total. The Morgan fingerprint density at radius 2 is 1.90 bits per heavy atom. The van der Waals surface area contributed by atoms with Crippen LogP contribution in [0, 0.1) is 0 Å². The number of benzene rings is 1. The molecule has 1 fully saturated rings. The van der Waals surface area contributed by atoms with Gasteiger partial charge in [0.25, 0.3) is 0 Å². The van der Waals surface area contributed by atoms with E-state index in [-0.39, 0.29) is 0 Å². The van der Waals surface area contributed by atoms with Crippen LogP contribution in [0.2, 0.25) is 0 Å². The largest absolute Gasteiger partial charge is 0.496 e. The Labute approximate surface area is 123 Å². The molecule has 2 bridgehead atoms. The minimum atomic E-state index is 0.304. The molecule has 1 saturated carbocycles. The number of hydrogen-bond acceptors (Lipinski definition) is 5. The summed E-state index contributed by atoms with van der Waals surface area (Å²) in [5.41, 5.74) is 10.2. The molecule has 0 radical (unpaired) electrons. The zero-order valence-electron chi connectivity index (χ0n) is 12.2. The summed E-state index contributed by atoms with van der Waals surface area (Å²) in [7, 11) is 3.43. The smallest absolute Gasteiger partial charge is 0.230 e. The number of hydrogen-bond donors (Lipinski definition) is 1. The molecule has 0 aliphatic heterocycles. The normalized spacial score (nSPS) is 22.4. The van der Waals surface area contributed by atoms with Gasteiger partial charge in [0, 0.05) is 16.7 Å². The highest BCUT2D eigenvalue weighted by molar-refractivity contribution is 5.82. The minimum Gasteiger partial charge on any atom is -0.496 e. The highest BCUT2D eigenvalue weighted by Crippen LogP contribution is 2.60. The van der Waals surface area contributed by atoms with Crippen molar-refractivity contribution in [2.75, 3.05) is 20.0 Å². The average molecular weight is 286 g/mol. The molecule has 2 aromatic rings. The van der Waals surface area contributed by atoms with Crippen LogP contribution >= 0.6 is 0 Å². The molecule has 0 amide bonds. The van der Waals surface area contributed by atoms with Gasteiger partial charge >= 0.3 is 0 Å². The molecular weight excluding hydrogens is 268 g/mol. The average Bonchev–Trinajstić information content (AvgIpc) is 3.21. The summed E-state index contributed by atoms with van der Waals surface area (Å²) in [6.45, 7) is 0. The molecular formula is C16H18N2O3. The number of nitrogens with two attached hydrogens (primary N) is 1. The van der Waals surface area contributed by atoms with Crippen molar-refractivity contribution in [3.8, 4) is 22.6 Å². The van der Waals surface area contributed by atoms with Gasteiger partial charge in [-0.3, -0.25) is 0 Å². The van der Waals surface area contributed by atoms with Gasteiger partial charge in [0.2, 0.25) is 5.88 Å². The van der Waals surface area contributed by atoms with Gasteiger partial charge in [0.15, 0.2) is 0 Å². The second kappa shape index (κ2) is 4.41. The number of nitrogens with zero attached hydrogens (tertiary/aromatic N) is 1. The molecule has 2 aliphatic rings. The molecule has 2 aliphatic carbocycles. The van der Waals surface area contributed by atoms with E-state index in [1.54, 1.807) is 20.4 Å². The SMILES string of the molecule is COc1cc(-c2cnoc2N)c(OC)c2c1C1CCC2C1. The summed E-state index contributed by atoms with van der Waals surface area (Å²) in [6, 6.07) is 2.00. The van der Waals surface area contributed by atoms with Crippen LogP contribution in [0.15, 0.2) is 16.8 Å². The van der Waals surface area contributed by atoms with Gasteiger partial charge in [-0.25, -0.2) is 0 Å². The number of rotatable bonds is 3. The Hall–Kier alpha value is -2.17. The first-order valence-corrected chi connectivity index (χ1v) is 7.23. The van der Waals surface area contributed by atoms with Crippen molar-refractivity contribution < 1.29 is 14.0 Å². The highest BCUT2D eigenvalue weighted by Gasteiger charge is 2.42. The molecule has 5 heteroatoms. The lowest BCUT2D eigenvalue weighted by Gasteiger charge is -2.23. The summed E-state index contributed by atoms with van der Waals surface area (Å²) in [5.74, 6) is 3.29. The van der Waals surface area contributed by atoms with E-state index >= 15 is 0 Å². The van der Waals surface area contributed by atoms with Gasteiger partial charge in [-0.05, 0) is 37.2 Å². The van der Waals surface area contributed by atoms with Crippen LogP contribution in [0.1, 0.15) is 42.2 Å². The van der Waals surface area contributed by atoms with Crippen LogP contribution in [0.5, 0.6) is 11.5 Å². The van der Waals surface area contributed by atoms with Crippen LogP contribution < -0.4 is 15.2 Å². The molecule has 1 aromatic carbocycles. The number of aromatic nitrogens is 1. The Kier molecular flexibility index (Phi) is 2.64. The summed E-state index contributed by atoms with van der Waals surface area (Å²) in [4.78, 5) is 0. The molecule has 110 valence electrons. The Morgan fingerprint density at radius 1 is 1.14 bits per heavy atom. The number of fused-ring (bicyclic) bond motifs is 5. The summed E-state index contributed by atoms with van der Waals surface area (Å²) in [5, 5.41) is 3.77. The standard InChI is InChI=1S/C16H18N2O3/c1-19-12-6-10(11-7-18-21-16(11)17)15(20-2)14-9-4-3-8(5-9)13(12)14/h6-9H,3-5,17H2,1-2H3. The first-order chi connectivity index (χ1) is 10.2. The van der Waals surface area contributed by atoms with E-state index < -0.39 is 0 Å². The van der Waals surface area contributed by atoms with E-state index in [1.165, 1.54) is 30.4 Å². The molecule has 0 saturated heterocycles. The van der Waals surface area contributed by atoms with Gasteiger partial charge in [0.1, 0.15) is 11.5 Å². The van der Waals surface area contributed by atoms with E-state index in [4.69, 9.17) is 19.7 Å². The molecule has 21 heavy (non-hydrogen) atoms. The van der Waals surface area contributed by atoms with Crippen molar-refractivity contribution in [3.63, 3.8) is 0 Å². The number of ether oxygens (including phenoxy) is 2. The van der Waals surface area contributed by atoms with Crippen LogP contribution in [0.3, 0.4) is 0 Å². The third-order valence-electron chi connectivity index (χ3n) is 4.88. The minimum absolute atomic E-state index is 0.304. The van der Waals surface area contributed by atoms with Crippen LogP contribution in [0.4, 0.5) is 5.88 Å². The fourth-order valence-electron chi connectivity index (χ4n) is 4.05. The summed E-state index contributed by atoms with van der Waals surface area (Å²) < 4.78 is 16.4. The second-order valence-corrected chi connectivity index (χ2v) is 5.80. The van der Waals surface area contributed by atoms with E-state index in [2.05, 4.69) is 5.16 Å². The number of methoxy groups -OCH3 is 2. The summed E-state index contributed by atoms with van der Waals surface area (Å²) >= 11 is 0. The van der Waals surface area contributed by atoms with Crippen molar-refractivity contribution in [2.24, 2.45) is 0 Å². The van der Waals surface area contributed by atoms with Gasteiger partial charge in [-0.2, -0.15) is 0 Å². The van der Waals surface area contributed by atoms with Gasteiger partial charge in [-0.1, -0.05) is 5.16 Å². The maximum atomic E-state index is 5.88. The first-order valence-electron chi connectivity index (χ1n) is 7.23. The van der Waals surface area contributed by atoms with Crippen molar-refractivity contribution in [1.29, 1.82) is 0 Å². The molecule has 0 spiro atoms. The lowest BCUT2D eigenvalue weighted by atomic mass is 9.87. The van der Waals surface area contributed by atoms with Gasteiger partial charge in [-0.15, -0.1) is 0 Å². The first kappa shape index (κ1) is 12.6. The molecule has 2 atom stereocenters. The van der Waals surface area contributed by atoms with Crippen molar-refractivity contribution in [3.05, 3.63) is 23.4 Å². The molecule has 2 N–H and O–H groups in total. The lowest BCUT2D eigenvalue weighted by molar-refractivity contribution is 0.392. The topological polar surface area (TPSA) is 70.5 Å². The summed E-state index contributed by atoms with van der Waals surface area (Å²) in [6.07, 6.45) is 5.29. The predicted octanol–water partition coefficient (Wildman–Crippen LogP) is 3.31. The Balaban J connectivity index is 2.01. The monoisotopic (exact) mass is 286 g/mol. The van der Waals surface area contributed by atoms with Crippen molar-refractivity contribution >= 4 is 5.88 Å². The third-order valence-corrected chi connectivity index (χ3v) is 4.88. The van der Waals surface area contributed by atoms with Crippen molar-refractivity contribution in [2.45, 2.75) is 31.1 Å². The Bertz CT molecular complexity index is 708. The van der Waals surface area contributed by atoms with Gasteiger partial charge < -0.3 is 19.7 Å². The van der Waals surface area contributed by atoms with Gasteiger partial charge in [0.05, 0.1) is 26.0 Å². The van der Waals surface area contributed by atoms with Crippen LogP contribution in [-0.4, -0.2) is 19.4 Å². The quantitative estimate of drug-likeness (QED) is 0.937. The zero-order valence-corrected chi connectivity index (χ0v) is 12.2. The zero-order chi connectivity index (χ0) is 14.6. The number of anilines is 1. The molecule has 2 unspecified atom stereocenters. The van der Waals surface area contributed by atoms with Crippen molar-refractivity contribution in [1.82, 2.24) is 5.16 Å². The van der Waals surface area contributed by atoms with E-state index in [1.807, 2.05) is 6.07 Å². The fraction of sp³-hybridized carbons (Fsp3) is 0.438. The Morgan fingerprint density at radius 3 is 2.52 bits per heavy atom. The third kappa shape index (κ3) is 1.60. The molecule has 1 heterocycles.